The minimum absolute atomic E-state index is 0.197. The molecule has 1 heterocycles. The topological polar surface area (TPSA) is 86.4 Å². The second-order valence-electron chi connectivity index (χ2n) is 6.52. The third-order valence-electron chi connectivity index (χ3n) is 4.55. The minimum Gasteiger partial charge on any atom is -0.444 e. The van der Waals surface area contributed by atoms with E-state index >= 15 is 0 Å². The van der Waals surface area contributed by atoms with Crippen LogP contribution < -0.4 is 11.1 Å². The normalized spacial score (nSPS) is 10.6. The van der Waals surface area contributed by atoms with Crippen LogP contribution in [0.5, 0.6) is 0 Å². The molecular formula is C23H19N3O3. The number of aromatic nitrogens is 1. The first-order valence-electron chi connectivity index (χ1n) is 9.10. The maximum atomic E-state index is 12.0. The van der Waals surface area contributed by atoms with Crippen LogP contribution in [0.1, 0.15) is 16.1 Å². The first kappa shape index (κ1) is 18.3. The Labute approximate surface area is 167 Å². The number of anilines is 1. The summed E-state index contributed by atoms with van der Waals surface area (Å²) in [5, 5.41) is 3.62. The summed E-state index contributed by atoms with van der Waals surface area (Å²) in [6, 6.07) is 26.0. The van der Waals surface area contributed by atoms with Crippen molar-refractivity contribution in [1.82, 2.24) is 4.57 Å². The molecule has 3 aromatic carbocycles. The van der Waals surface area contributed by atoms with Crippen LogP contribution in [0.3, 0.4) is 0 Å². The van der Waals surface area contributed by atoms with Crippen molar-refractivity contribution < 1.29 is 14.3 Å². The predicted molar refractivity (Wildman–Crippen MR) is 112 cm³/mol. The molecule has 0 saturated carbocycles. The first-order chi connectivity index (χ1) is 14.1. The summed E-state index contributed by atoms with van der Waals surface area (Å²) in [5.41, 5.74) is 9.10. The maximum absolute atomic E-state index is 12.0. The highest BCUT2D eigenvalue weighted by atomic mass is 16.5. The van der Waals surface area contributed by atoms with Gasteiger partial charge < -0.3 is 15.0 Å². The molecule has 4 aromatic rings. The number of fused-ring (bicyclic) bond motifs is 1. The number of nitrogens with one attached hydrogen (secondary N) is 1. The van der Waals surface area contributed by atoms with Crippen LogP contribution in [0.25, 0.3) is 16.6 Å². The van der Waals surface area contributed by atoms with Crippen LogP contribution >= 0.6 is 0 Å². The van der Waals surface area contributed by atoms with E-state index in [9.17, 15) is 9.59 Å². The molecule has 4 rings (SSSR count). The number of benzene rings is 3. The highest BCUT2D eigenvalue weighted by Gasteiger charge is 2.14. The van der Waals surface area contributed by atoms with E-state index in [2.05, 4.69) is 5.32 Å². The van der Waals surface area contributed by atoms with E-state index in [0.717, 1.165) is 22.2 Å². The number of para-hydroxylation sites is 1. The van der Waals surface area contributed by atoms with E-state index in [4.69, 9.17) is 10.5 Å². The molecule has 29 heavy (non-hydrogen) atoms. The minimum atomic E-state index is -0.536. The van der Waals surface area contributed by atoms with Crippen molar-refractivity contribution in [3.8, 4) is 5.69 Å². The Hall–Kier alpha value is -4.06. The highest BCUT2D eigenvalue weighted by molar-refractivity contribution is 5.99. The fourth-order valence-electron chi connectivity index (χ4n) is 3.19. The van der Waals surface area contributed by atoms with Gasteiger partial charge in [-0.3, -0.25) is 10.1 Å². The monoisotopic (exact) mass is 385 g/mol. The van der Waals surface area contributed by atoms with Gasteiger partial charge in [0.05, 0.1) is 5.52 Å². The second kappa shape index (κ2) is 7.90. The number of carbonyl (C=O) groups is 2. The summed E-state index contributed by atoms with van der Waals surface area (Å²) in [4.78, 5) is 23.9. The number of nitrogens with zero attached hydrogens (tertiary/aromatic N) is 1. The lowest BCUT2D eigenvalue weighted by molar-refractivity contribution is 0.0994. The lowest BCUT2D eigenvalue weighted by Gasteiger charge is -2.11. The number of primary amides is 1. The number of rotatable bonds is 5. The number of carbonyl (C=O) groups excluding carboxylic acids is 2. The van der Waals surface area contributed by atoms with Crippen molar-refractivity contribution >= 4 is 28.6 Å². The van der Waals surface area contributed by atoms with Crippen molar-refractivity contribution in [3.05, 3.63) is 96.2 Å². The van der Waals surface area contributed by atoms with Gasteiger partial charge in [0.1, 0.15) is 12.3 Å². The fourth-order valence-corrected chi connectivity index (χ4v) is 3.19. The second-order valence-corrected chi connectivity index (χ2v) is 6.52. The summed E-state index contributed by atoms with van der Waals surface area (Å²) in [6.45, 7) is 0.197. The average Bonchev–Trinajstić information content (AvgIpc) is 3.14. The van der Waals surface area contributed by atoms with Crippen molar-refractivity contribution in [1.29, 1.82) is 0 Å². The Morgan fingerprint density at radius 1 is 0.897 bits per heavy atom. The van der Waals surface area contributed by atoms with Gasteiger partial charge in [-0.05, 0) is 42.0 Å². The Morgan fingerprint density at radius 3 is 2.31 bits per heavy atom. The molecule has 3 N–H and O–H groups in total. The largest absolute Gasteiger partial charge is 0.444 e. The standard InChI is InChI=1S/C23H19N3O3/c24-22(27)21-14-17-8-4-5-9-20(17)26(21)19-12-10-18(11-13-19)25-23(28)29-15-16-6-2-1-3-7-16/h1-14H,15H2,(H2,24,27)(H,25,28). The fraction of sp³-hybridized carbons (Fsp3) is 0.0435. The predicted octanol–water partition coefficient (Wildman–Crippen LogP) is 4.48. The van der Waals surface area contributed by atoms with Crippen LogP contribution in [-0.4, -0.2) is 16.6 Å². The smallest absolute Gasteiger partial charge is 0.411 e. The summed E-state index contributed by atoms with van der Waals surface area (Å²) in [6.07, 6.45) is -0.536. The van der Waals surface area contributed by atoms with Gasteiger partial charge in [-0.2, -0.15) is 0 Å². The molecule has 0 radical (unpaired) electrons. The number of hydrogen-bond donors (Lipinski definition) is 2. The van der Waals surface area contributed by atoms with E-state index in [-0.39, 0.29) is 6.61 Å². The Balaban J connectivity index is 1.51. The molecule has 6 heteroatoms. The Bertz CT molecular complexity index is 1170. The summed E-state index contributed by atoms with van der Waals surface area (Å²) in [7, 11) is 0. The highest BCUT2D eigenvalue weighted by Crippen LogP contribution is 2.25. The molecule has 0 aliphatic rings. The van der Waals surface area contributed by atoms with Gasteiger partial charge in [0, 0.05) is 16.8 Å². The van der Waals surface area contributed by atoms with Crippen LogP contribution in [0.15, 0.2) is 84.9 Å². The SMILES string of the molecule is NC(=O)c1cc2ccccc2n1-c1ccc(NC(=O)OCc2ccccc2)cc1. The molecule has 0 atom stereocenters. The molecule has 0 spiro atoms. The molecule has 0 aliphatic carbocycles. The van der Waals surface area contributed by atoms with Gasteiger partial charge in [-0.15, -0.1) is 0 Å². The summed E-state index contributed by atoms with van der Waals surface area (Å²) >= 11 is 0. The summed E-state index contributed by atoms with van der Waals surface area (Å²) in [5.74, 6) is -0.507. The third kappa shape index (κ3) is 3.96. The van der Waals surface area contributed by atoms with E-state index in [1.165, 1.54) is 0 Å². The number of hydrogen-bond acceptors (Lipinski definition) is 3. The lowest BCUT2D eigenvalue weighted by Crippen LogP contribution is -2.16. The van der Waals surface area contributed by atoms with Crippen LogP contribution in [0.4, 0.5) is 10.5 Å². The molecule has 1 aromatic heterocycles. The molecule has 0 saturated heterocycles. The third-order valence-corrected chi connectivity index (χ3v) is 4.55. The molecule has 0 unspecified atom stereocenters. The lowest BCUT2D eigenvalue weighted by atomic mass is 10.2. The van der Waals surface area contributed by atoms with Gasteiger partial charge in [-0.1, -0.05) is 48.5 Å². The first-order valence-corrected chi connectivity index (χ1v) is 9.10. The zero-order valence-corrected chi connectivity index (χ0v) is 15.5. The van der Waals surface area contributed by atoms with Crippen molar-refractivity contribution in [2.75, 3.05) is 5.32 Å². The zero-order valence-electron chi connectivity index (χ0n) is 15.5. The van der Waals surface area contributed by atoms with E-state index < -0.39 is 12.0 Å². The molecule has 0 fully saturated rings. The Morgan fingerprint density at radius 2 is 1.59 bits per heavy atom. The van der Waals surface area contributed by atoms with E-state index in [1.807, 2.05) is 66.7 Å². The van der Waals surface area contributed by atoms with Gasteiger partial charge >= 0.3 is 6.09 Å². The summed E-state index contributed by atoms with van der Waals surface area (Å²) < 4.78 is 7.03. The Kier molecular flexibility index (Phi) is 4.99. The number of amides is 2. The molecular weight excluding hydrogens is 366 g/mol. The number of ether oxygens (including phenoxy) is 1. The molecule has 144 valence electrons. The van der Waals surface area contributed by atoms with Gasteiger partial charge in [-0.25, -0.2) is 4.79 Å². The number of nitrogens with two attached hydrogens (primary N) is 1. The molecule has 0 bridgehead atoms. The van der Waals surface area contributed by atoms with Crippen LogP contribution in [0.2, 0.25) is 0 Å². The molecule has 2 amide bonds. The maximum Gasteiger partial charge on any atom is 0.411 e. The zero-order chi connectivity index (χ0) is 20.2. The molecule has 6 nitrogen and oxygen atoms in total. The van der Waals surface area contributed by atoms with Crippen molar-refractivity contribution in [2.45, 2.75) is 6.61 Å². The van der Waals surface area contributed by atoms with Gasteiger partial charge in [0.2, 0.25) is 0 Å². The van der Waals surface area contributed by atoms with Gasteiger partial charge in [0.15, 0.2) is 0 Å². The van der Waals surface area contributed by atoms with E-state index in [1.54, 1.807) is 22.8 Å². The van der Waals surface area contributed by atoms with Crippen molar-refractivity contribution in [2.24, 2.45) is 5.73 Å². The quantitative estimate of drug-likeness (QED) is 0.531. The van der Waals surface area contributed by atoms with Crippen molar-refractivity contribution in [3.63, 3.8) is 0 Å². The molecule has 0 aliphatic heterocycles. The van der Waals surface area contributed by atoms with Crippen LogP contribution in [0, 0.1) is 0 Å². The van der Waals surface area contributed by atoms with E-state index in [0.29, 0.717) is 11.4 Å². The van der Waals surface area contributed by atoms with Crippen LogP contribution in [-0.2, 0) is 11.3 Å². The van der Waals surface area contributed by atoms with Gasteiger partial charge in [0.25, 0.3) is 5.91 Å². The average molecular weight is 385 g/mol.